The molecule has 0 bridgehead atoms. The van der Waals surface area contributed by atoms with Crippen molar-refractivity contribution < 1.29 is 9.32 Å². The van der Waals surface area contributed by atoms with Crippen molar-refractivity contribution in [2.45, 2.75) is 26.8 Å². The Labute approximate surface area is 162 Å². The normalized spacial score (nSPS) is 15.1. The first kappa shape index (κ1) is 18.3. The fourth-order valence-electron chi connectivity index (χ4n) is 3.44. The summed E-state index contributed by atoms with van der Waals surface area (Å²) >= 11 is 0. The SMILES string of the molecule is Cc1noc(C)c1CN1CCN(C(=O)Cc2ccc(-n3cnnn3)cc2)CC1. The molecule has 9 nitrogen and oxygen atoms in total. The van der Waals surface area contributed by atoms with E-state index in [0.717, 1.165) is 61.0 Å². The van der Waals surface area contributed by atoms with Crippen LogP contribution in [0.5, 0.6) is 0 Å². The Morgan fingerprint density at radius 1 is 1.11 bits per heavy atom. The standard InChI is InChI=1S/C19H23N7O2/c1-14-18(15(2)28-21-14)12-24-7-9-25(10-8-24)19(27)11-16-3-5-17(6-4-16)26-13-20-22-23-26/h3-6,13H,7-12H2,1-2H3. The van der Waals surface area contributed by atoms with Crippen LogP contribution in [-0.2, 0) is 17.8 Å². The van der Waals surface area contributed by atoms with E-state index in [-0.39, 0.29) is 5.91 Å². The van der Waals surface area contributed by atoms with Gasteiger partial charge in [-0.05, 0) is 42.0 Å². The van der Waals surface area contributed by atoms with Crippen LogP contribution in [-0.4, -0.2) is 67.2 Å². The van der Waals surface area contributed by atoms with Gasteiger partial charge in [-0.1, -0.05) is 17.3 Å². The van der Waals surface area contributed by atoms with E-state index >= 15 is 0 Å². The summed E-state index contributed by atoms with van der Waals surface area (Å²) in [6, 6.07) is 7.73. The molecule has 28 heavy (non-hydrogen) atoms. The molecule has 0 spiro atoms. The monoisotopic (exact) mass is 381 g/mol. The fourth-order valence-corrected chi connectivity index (χ4v) is 3.44. The number of piperazine rings is 1. The first-order valence-corrected chi connectivity index (χ1v) is 9.34. The molecule has 1 aromatic carbocycles. The molecule has 1 amide bonds. The number of hydrogen-bond acceptors (Lipinski definition) is 7. The highest BCUT2D eigenvalue weighted by Crippen LogP contribution is 2.17. The lowest BCUT2D eigenvalue weighted by atomic mass is 10.1. The topological polar surface area (TPSA) is 93.2 Å². The number of benzene rings is 1. The van der Waals surface area contributed by atoms with Crippen molar-refractivity contribution in [3.05, 3.63) is 53.2 Å². The number of carbonyl (C=O) groups excluding carboxylic acids is 1. The molecule has 3 heterocycles. The van der Waals surface area contributed by atoms with Gasteiger partial charge in [0, 0.05) is 38.3 Å². The number of carbonyl (C=O) groups is 1. The highest BCUT2D eigenvalue weighted by Gasteiger charge is 2.23. The Balaban J connectivity index is 1.29. The number of amides is 1. The predicted octanol–water partition coefficient (Wildman–Crippen LogP) is 1.15. The maximum Gasteiger partial charge on any atom is 0.227 e. The van der Waals surface area contributed by atoms with Crippen LogP contribution in [0.25, 0.3) is 5.69 Å². The molecule has 0 radical (unpaired) electrons. The van der Waals surface area contributed by atoms with Gasteiger partial charge in [0.05, 0.1) is 17.8 Å². The number of rotatable bonds is 5. The first-order valence-electron chi connectivity index (χ1n) is 9.34. The minimum atomic E-state index is 0.159. The van der Waals surface area contributed by atoms with E-state index in [2.05, 4.69) is 25.6 Å². The van der Waals surface area contributed by atoms with Gasteiger partial charge in [-0.3, -0.25) is 9.69 Å². The van der Waals surface area contributed by atoms with Crippen LogP contribution in [0.1, 0.15) is 22.6 Å². The summed E-state index contributed by atoms with van der Waals surface area (Å²) in [6.07, 6.45) is 1.95. The minimum absolute atomic E-state index is 0.159. The third-order valence-corrected chi connectivity index (χ3v) is 5.19. The van der Waals surface area contributed by atoms with Gasteiger partial charge >= 0.3 is 0 Å². The third-order valence-electron chi connectivity index (χ3n) is 5.19. The van der Waals surface area contributed by atoms with E-state index in [4.69, 9.17) is 4.52 Å². The van der Waals surface area contributed by atoms with Crippen LogP contribution in [0.2, 0.25) is 0 Å². The van der Waals surface area contributed by atoms with E-state index in [9.17, 15) is 4.79 Å². The van der Waals surface area contributed by atoms with E-state index in [1.807, 2.05) is 43.0 Å². The molecule has 1 aliphatic rings. The summed E-state index contributed by atoms with van der Waals surface area (Å²) in [5, 5.41) is 15.1. The second-order valence-electron chi connectivity index (χ2n) is 7.06. The lowest BCUT2D eigenvalue weighted by Gasteiger charge is -2.34. The molecule has 2 aromatic heterocycles. The first-order chi connectivity index (χ1) is 13.6. The van der Waals surface area contributed by atoms with Crippen LogP contribution in [0, 0.1) is 13.8 Å². The van der Waals surface area contributed by atoms with E-state index in [1.54, 1.807) is 11.0 Å². The Morgan fingerprint density at radius 2 is 1.86 bits per heavy atom. The summed E-state index contributed by atoms with van der Waals surface area (Å²) in [6.45, 7) is 7.93. The maximum atomic E-state index is 12.7. The number of hydrogen-bond donors (Lipinski definition) is 0. The summed E-state index contributed by atoms with van der Waals surface area (Å²) < 4.78 is 6.83. The summed E-state index contributed by atoms with van der Waals surface area (Å²) in [7, 11) is 0. The molecule has 1 fully saturated rings. The van der Waals surface area contributed by atoms with Gasteiger partial charge in [-0.15, -0.1) is 5.10 Å². The Kier molecular flexibility index (Phi) is 5.16. The second kappa shape index (κ2) is 7.89. The third kappa shape index (κ3) is 3.94. The average molecular weight is 381 g/mol. The minimum Gasteiger partial charge on any atom is -0.361 e. The lowest BCUT2D eigenvalue weighted by molar-refractivity contribution is -0.132. The van der Waals surface area contributed by atoms with Gasteiger partial charge in [-0.25, -0.2) is 4.68 Å². The van der Waals surface area contributed by atoms with Crippen LogP contribution in [0.15, 0.2) is 35.1 Å². The molecule has 9 heteroatoms. The fraction of sp³-hybridized carbons (Fsp3) is 0.421. The molecule has 1 saturated heterocycles. The molecule has 0 aliphatic carbocycles. The van der Waals surface area contributed by atoms with Gasteiger partial charge in [0.2, 0.25) is 5.91 Å². The molecular formula is C19H23N7O2. The van der Waals surface area contributed by atoms with Crippen LogP contribution in [0.3, 0.4) is 0 Å². The van der Waals surface area contributed by atoms with Crippen LogP contribution >= 0.6 is 0 Å². The van der Waals surface area contributed by atoms with Gasteiger partial charge in [0.1, 0.15) is 12.1 Å². The molecule has 0 saturated carbocycles. The Hall–Kier alpha value is -3.07. The van der Waals surface area contributed by atoms with Gasteiger partial charge in [0.25, 0.3) is 0 Å². The van der Waals surface area contributed by atoms with Crippen LogP contribution in [0.4, 0.5) is 0 Å². The zero-order valence-corrected chi connectivity index (χ0v) is 16.1. The Bertz CT molecular complexity index is 906. The second-order valence-corrected chi connectivity index (χ2v) is 7.06. The highest BCUT2D eigenvalue weighted by molar-refractivity contribution is 5.79. The zero-order chi connectivity index (χ0) is 19.5. The molecule has 3 aromatic rings. The molecule has 4 rings (SSSR count). The summed E-state index contributed by atoms with van der Waals surface area (Å²) in [4.78, 5) is 16.9. The highest BCUT2D eigenvalue weighted by atomic mass is 16.5. The van der Waals surface area contributed by atoms with Crippen molar-refractivity contribution in [2.75, 3.05) is 26.2 Å². The molecule has 0 atom stereocenters. The van der Waals surface area contributed by atoms with E-state index < -0.39 is 0 Å². The number of nitrogens with zero attached hydrogens (tertiary/aromatic N) is 7. The summed E-state index contributed by atoms with van der Waals surface area (Å²) in [5.74, 6) is 1.04. The van der Waals surface area contributed by atoms with E-state index in [1.165, 1.54) is 0 Å². The Morgan fingerprint density at radius 3 is 2.46 bits per heavy atom. The molecular weight excluding hydrogens is 358 g/mol. The van der Waals surface area contributed by atoms with Gasteiger partial charge in [-0.2, -0.15) is 0 Å². The molecule has 146 valence electrons. The lowest BCUT2D eigenvalue weighted by Crippen LogP contribution is -2.48. The maximum absolute atomic E-state index is 12.7. The molecule has 0 N–H and O–H groups in total. The van der Waals surface area contributed by atoms with Gasteiger partial charge < -0.3 is 9.42 Å². The number of aryl methyl sites for hydroxylation is 2. The molecule has 1 aliphatic heterocycles. The largest absolute Gasteiger partial charge is 0.361 e. The van der Waals surface area contributed by atoms with Crippen molar-refractivity contribution >= 4 is 5.91 Å². The number of aromatic nitrogens is 5. The zero-order valence-electron chi connectivity index (χ0n) is 16.1. The summed E-state index contributed by atoms with van der Waals surface area (Å²) in [5.41, 5.74) is 3.96. The van der Waals surface area contributed by atoms with Crippen molar-refractivity contribution in [1.29, 1.82) is 0 Å². The average Bonchev–Trinajstić information content (AvgIpc) is 3.35. The number of tetrazole rings is 1. The van der Waals surface area contributed by atoms with Crippen molar-refractivity contribution in [3.8, 4) is 5.69 Å². The predicted molar refractivity (Wildman–Crippen MR) is 101 cm³/mol. The smallest absolute Gasteiger partial charge is 0.227 e. The van der Waals surface area contributed by atoms with Crippen molar-refractivity contribution in [3.63, 3.8) is 0 Å². The molecule has 0 unspecified atom stereocenters. The van der Waals surface area contributed by atoms with Crippen LogP contribution < -0.4 is 0 Å². The van der Waals surface area contributed by atoms with Crippen molar-refractivity contribution in [2.24, 2.45) is 0 Å². The van der Waals surface area contributed by atoms with Crippen molar-refractivity contribution in [1.82, 2.24) is 35.2 Å². The van der Waals surface area contributed by atoms with Gasteiger partial charge in [0.15, 0.2) is 0 Å². The van der Waals surface area contributed by atoms with E-state index in [0.29, 0.717) is 6.42 Å². The quantitative estimate of drug-likeness (QED) is 0.654.